The normalized spacial score (nSPS) is 11.0. The summed E-state index contributed by atoms with van der Waals surface area (Å²) in [4.78, 5) is 30.4. The molecule has 0 atom stereocenters. The molecule has 1 N–H and O–H groups in total. The highest BCUT2D eigenvalue weighted by atomic mass is 16.5. The van der Waals surface area contributed by atoms with Crippen molar-refractivity contribution in [2.75, 3.05) is 14.2 Å². The van der Waals surface area contributed by atoms with Crippen molar-refractivity contribution in [1.82, 2.24) is 4.98 Å². The number of aromatic carboxylic acids is 1. The number of carboxylic acids is 1. The molecule has 7 nitrogen and oxygen atoms in total. The Kier molecular flexibility index (Phi) is 6.90. The first kappa shape index (κ1) is 25.7. The molecule has 0 amide bonds. The Balaban J connectivity index is 1.71. The van der Waals surface area contributed by atoms with Crippen LogP contribution in [-0.4, -0.2) is 36.2 Å². The Morgan fingerprint density at radius 3 is 2.15 bits per heavy atom. The van der Waals surface area contributed by atoms with E-state index < -0.39 is 11.9 Å². The van der Waals surface area contributed by atoms with Gasteiger partial charge < -0.3 is 19.3 Å². The molecule has 0 radical (unpaired) electrons. The van der Waals surface area contributed by atoms with Gasteiger partial charge in [-0.3, -0.25) is 0 Å². The van der Waals surface area contributed by atoms with Gasteiger partial charge in [0, 0.05) is 16.3 Å². The van der Waals surface area contributed by atoms with Crippen LogP contribution in [0, 0.1) is 13.8 Å². The van der Waals surface area contributed by atoms with Crippen LogP contribution in [0.5, 0.6) is 11.5 Å². The zero-order valence-corrected chi connectivity index (χ0v) is 22.1. The molecular formula is C32H27NO6. The molecule has 0 aliphatic carbocycles. The van der Waals surface area contributed by atoms with Crippen molar-refractivity contribution in [3.8, 4) is 22.6 Å². The first-order chi connectivity index (χ1) is 18.8. The van der Waals surface area contributed by atoms with Crippen LogP contribution in [0.1, 0.15) is 37.4 Å². The van der Waals surface area contributed by atoms with Gasteiger partial charge in [-0.05, 0) is 66.4 Å². The molecule has 5 aromatic rings. The minimum atomic E-state index is -1.09. The van der Waals surface area contributed by atoms with E-state index in [2.05, 4.69) is 0 Å². The van der Waals surface area contributed by atoms with E-state index in [1.165, 1.54) is 7.11 Å². The maximum atomic E-state index is 12.9. The molecule has 0 unspecified atom stereocenters. The van der Waals surface area contributed by atoms with Crippen molar-refractivity contribution < 1.29 is 28.9 Å². The van der Waals surface area contributed by atoms with Crippen LogP contribution < -0.4 is 9.47 Å². The van der Waals surface area contributed by atoms with Gasteiger partial charge in [-0.2, -0.15) is 0 Å². The smallest absolute Gasteiger partial charge is 0.338 e. The largest absolute Gasteiger partial charge is 0.496 e. The predicted octanol–water partition coefficient (Wildman–Crippen LogP) is 6.74. The van der Waals surface area contributed by atoms with E-state index >= 15 is 0 Å². The van der Waals surface area contributed by atoms with Gasteiger partial charge in [0.05, 0.1) is 30.9 Å². The molecule has 5 rings (SSSR count). The highest BCUT2D eigenvalue weighted by Crippen LogP contribution is 2.44. The van der Waals surface area contributed by atoms with E-state index in [0.29, 0.717) is 44.4 Å². The average Bonchev–Trinajstić information content (AvgIpc) is 2.94. The molecule has 0 saturated carbocycles. The number of fused-ring (bicyclic) bond motifs is 2. The Morgan fingerprint density at radius 1 is 0.821 bits per heavy atom. The molecular weight excluding hydrogens is 494 g/mol. The highest BCUT2D eigenvalue weighted by Gasteiger charge is 2.25. The molecule has 7 heteroatoms. The van der Waals surface area contributed by atoms with Crippen LogP contribution in [-0.2, 0) is 11.3 Å². The number of hydrogen-bond acceptors (Lipinski definition) is 6. The summed E-state index contributed by atoms with van der Waals surface area (Å²) in [5, 5.41) is 11.3. The number of carbonyl (C=O) groups excluding carboxylic acids is 1. The maximum absolute atomic E-state index is 12.9. The number of esters is 1. The van der Waals surface area contributed by atoms with Crippen LogP contribution in [0.4, 0.5) is 0 Å². The Hall–Kier alpha value is -4.91. The molecule has 0 fully saturated rings. The number of rotatable bonds is 7. The molecule has 0 aliphatic heterocycles. The highest BCUT2D eigenvalue weighted by molar-refractivity contribution is 6.19. The van der Waals surface area contributed by atoms with Crippen LogP contribution in [0.15, 0.2) is 72.8 Å². The van der Waals surface area contributed by atoms with Crippen LogP contribution in [0.25, 0.3) is 32.9 Å². The van der Waals surface area contributed by atoms with Crippen molar-refractivity contribution in [3.63, 3.8) is 0 Å². The first-order valence-corrected chi connectivity index (χ1v) is 12.4. The number of pyridine rings is 1. The van der Waals surface area contributed by atoms with Gasteiger partial charge in [-0.15, -0.1) is 0 Å². The number of carboxylic acid groups (broad SMARTS) is 1. The number of hydrogen-bond donors (Lipinski definition) is 1. The number of aryl methyl sites for hydroxylation is 2. The Bertz CT molecular complexity index is 1720. The molecule has 0 aliphatic rings. The molecule has 4 aromatic carbocycles. The van der Waals surface area contributed by atoms with E-state index in [1.54, 1.807) is 49.6 Å². The fourth-order valence-electron chi connectivity index (χ4n) is 5.10. The monoisotopic (exact) mass is 521 g/mol. The van der Waals surface area contributed by atoms with Gasteiger partial charge in [-0.25, -0.2) is 14.6 Å². The lowest BCUT2D eigenvalue weighted by molar-refractivity contribution is 0.0472. The molecule has 0 saturated heterocycles. The van der Waals surface area contributed by atoms with Crippen molar-refractivity contribution in [2.45, 2.75) is 20.5 Å². The first-order valence-electron chi connectivity index (χ1n) is 12.4. The quantitative estimate of drug-likeness (QED) is 0.187. The maximum Gasteiger partial charge on any atom is 0.338 e. The number of benzene rings is 4. The third-order valence-electron chi connectivity index (χ3n) is 6.78. The Morgan fingerprint density at radius 2 is 1.51 bits per heavy atom. The molecule has 1 heterocycles. The second kappa shape index (κ2) is 10.5. The zero-order valence-electron chi connectivity index (χ0n) is 22.1. The average molecular weight is 522 g/mol. The van der Waals surface area contributed by atoms with Gasteiger partial charge >= 0.3 is 11.9 Å². The van der Waals surface area contributed by atoms with Crippen molar-refractivity contribution in [1.29, 1.82) is 0 Å². The van der Waals surface area contributed by atoms with Gasteiger partial charge in [0.15, 0.2) is 0 Å². The van der Waals surface area contributed by atoms with E-state index in [4.69, 9.17) is 19.2 Å². The summed E-state index contributed by atoms with van der Waals surface area (Å²) >= 11 is 0. The molecule has 0 bridgehead atoms. The topological polar surface area (TPSA) is 95.0 Å². The lowest BCUT2D eigenvalue weighted by Crippen LogP contribution is -2.08. The van der Waals surface area contributed by atoms with Crippen molar-refractivity contribution in [2.24, 2.45) is 0 Å². The lowest BCUT2D eigenvalue weighted by atomic mass is 9.88. The minimum absolute atomic E-state index is 0.105. The van der Waals surface area contributed by atoms with Crippen molar-refractivity contribution >= 4 is 33.7 Å². The fraction of sp³-hybridized carbons (Fsp3) is 0.156. The second-order valence-electron chi connectivity index (χ2n) is 9.23. The fourth-order valence-corrected chi connectivity index (χ4v) is 5.10. The summed E-state index contributed by atoms with van der Waals surface area (Å²) in [6, 6.07) is 21.7. The van der Waals surface area contributed by atoms with E-state index in [-0.39, 0.29) is 12.2 Å². The number of carbonyl (C=O) groups is 2. The van der Waals surface area contributed by atoms with Crippen molar-refractivity contribution in [3.05, 3.63) is 101 Å². The van der Waals surface area contributed by atoms with Crippen LogP contribution in [0.3, 0.4) is 0 Å². The number of para-hydroxylation sites is 1. The Labute approximate surface area is 225 Å². The summed E-state index contributed by atoms with van der Waals surface area (Å²) in [6.45, 7) is 3.93. The number of ether oxygens (including phenoxy) is 3. The summed E-state index contributed by atoms with van der Waals surface area (Å²) < 4.78 is 16.7. The summed E-state index contributed by atoms with van der Waals surface area (Å²) in [7, 11) is 3.07. The number of nitrogens with zero attached hydrogens (tertiary/aromatic N) is 1. The van der Waals surface area contributed by atoms with Gasteiger partial charge in [0.2, 0.25) is 0 Å². The van der Waals surface area contributed by atoms with Crippen LogP contribution in [0.2, 0.25) is 0 Å². The number of aromatic nitrogens is 1. The van der Waals surface area contributed by atoms with Crippen LogP contribution >= 0.6 is 0 Å². The minimum Gasteiger partial charge on any atom is -0.496 e. The standard InChI is InChI=1S/C32H27NO6/c1-18-15-21(32(36)39-17-20-9-6-5-7-10-20)16-19(2)26(18)29-24(37-3)14-13-23-28(29)27(31(34)35)22-11-8-12-25(38-4)30(22)33-23/h5-16H,17H2,1-4H3,(H,34,35). The second-order valence-corrected chi connectivity index (χ2v) is 9.23. The van der Waals surface area contributed by atoms with E-state index in [0.717, 1.165) is 22.3 Å². The van der Waals surface area contributed by atoms with Gasteiger partial charge in [-0.1, -0.05) is 42.5 Å². The summed E-state index contributed by atoms with van der Waals surface area (Å²) in [5.74, 6) is -0.543. The predicted molar refractivity (Wildman–Crippen MR) is 150 cm³/mol. The molecule has 196 valence electrons. The van der Waals surface area contributed by atoms with Gasteiger partial charge in [0.1, 0.15) is 23.6 Å². The lowest BCUT2D eigenvalue weighted by Gasteiger charge is -2.20. The summed E-state index contributed by atoms with van der Waals surface area (Å²) in [6.07, 6.45) is 0. The van der Waals surface area contributed by atoms with E-state index in [9.17, 15) is 14.7 Å². The molecule has 39 heavy (non-hydrogen) atoms. The molecule has 1 aromatic heterocycles. The zero-order chi connectivity index (χ0) is 27.7. The summed E-state index contributed by atoms with van der Waals surface area (Å²) in [5.41, 5.74) is 5.28. The third-order valence-corrected chi connectivity index (χ3v) is 6.78. The third kappa shape index (κ3) is 4.63. The SMILES string of the molecule is COc1ccc2nc3c(OC)cccc3c(C(=O)O)c2c1-c1c(C)cc(C(=O)OCc2ccccc2)cc1C. The molecule has 0 spiro atoms. The van der Waals surface area contributed by atoms with Gasteiger partial charge in [0.25, 0.3) is 0 Å². The van der Waals surface area contributed by atoms with E-state index in [1.807, 2.05) is 44.2 Å². The number of methoxy groups -OCH3 is 2.